The number of carbonyl (C=O) groups excluding carboxylic acids is 1. The van der Waals surface area contributed by atoms with Crippen molar-refractivity contribution in [3.05, 3.63) is 28.7 Å². The molecule has 0 aromatic heterocycles. The molecule has 0 amide bonds. The molecule has 2 unspecified atom stereocenters. The largest absolute Gasteiger partial charge is 0.467 e. The van der Waals surface area contributed by atoms with Gasteiger partial charge in [0.05, 0.1) is 7.11 Å². The van der Waals surface area contributed by atoms with Gasteiger partial charge in [-0.1, -0.05) is 28.9 Å². The van der Waals surface area contributed by atoms with E-state index in [9.17, 15) is 4.79 Å². The molecule has 3 nitrogen and oxygen atoms in total. The minimum absolute atomic E-state index is 0.160. The van der Waals surface area contributed by atoms with E-state index in [0.29, 0.717) is 5.92 Å². The van der Waals surface area contributed by atoms with Crippen LogP contribution in [0.5, 0.6) is 0 Å². The molecule has 0 heterocycles. The van der Waals surface area contributed by atoms with E-state index >= 15 is 0 Å². The summed E-state index contributed by atoms with van der Waals surface area (Å²) in [6.07, 6.45) is 2.70. The first-order valence-corrected chi connectivity index (χ1v) is 6.97. The Morgan fingerprint density at radius 1 is 1.56 bits per heavy atom. The number of nitrogens with one attached hydrogen (secondary N) is 1. The van der Waals surface area contributed by atoms with Gasteiger partial charge in [0.15, 0.2) is 0 Å². The Balaban J connectivity index is 2.23. The molecular formula is C14H18BrNO2. The van der Waals surface area contributed by atoms with Gasteiger partial charge >= 0.3 is 5.97 Å². The van der Waals surface area contributed by atoms with Gasteiger partial charge in [-0.15, -0.1) is 0 Å². The van der Waals surface area contributed by atoms with Gasteiger partial charge in [0.2, 0.25) is 0 Å². The van der Waals surface area contributed by atoms with E-state index in [1.807, 2.05) is 24.3 Å². The zero-order valence-electron chi connectivity index (χ0n) is 10.7. The molecule has 0 saturated heterocycles. The lowest BCUT2D eigenvalue weighted by Gasteiger charge is -2.28. The smallest absolute Gasteiger partial charge is 0.331 e. The topological polar surface area (TPSA) is 38.3 Å². The minimum atomic E-state index is -0.561. The Hall–Kier alpha value is -1.03. The molecule has 98 valence electrons. The van der Waals surface area contributed by atoms with Crippen molar-refractivity contribution in [1.82, 2.24) is 0 Å². The summed E-state index contributed by atoms with van der Waals surface area (Å²) in [6.45, 7) is 2.17. The van der Waals surface area contributed by atoms with Gasteiger partial charge in [0.1, 0.15) is 5.54 Å². The van der Waals surface area contributed by atoms with E-state index in [0.717, 1.165) is 29.4 Å². The summed E-state index contributed by atoms with van der Waals surface area (Å²) >= 11 is 3.44. The Morgan fingerprint density at radius 3 is 2.89 bits per heavy atom. The van der Waals surface area contributed by atoms with E-state index in [4.69, 9.17) is 4.74 Å². The molecule has 0 bridgehead atoms. The fourth-order valence-electron chi connectivity index (χ4n) is 2.68. The third-order valence-corrected chi connectivity index (χ3v) is 4.04. The molecule has 0 aliphatic heterocycles. The SMILES string of the molecule is COC(=O)C1(Nc2cccc(Br)c2)CCC(C)C1. The first-order valence-electron chi connectivity index (χ1n) is 6.18. The average molecular weight is 312 g/mol. The second-order valence-electron chi connectivity index (χ2n) is 5.06. The number of esters is 1. The molecule has 1 aliphatic rings. The standard InChI is InChI=1S/C14H18BrNO2/c1-10-6-7-14(9-10,13(17)18-2)16-12-5-3-4-11(15)8-12/h3-5,8,10,16H,6-7,9H2,1-2H3. The van der Waals surface area contributed by atoms with Gasteiger partial charge in [0.25, 0.3) is 0 Å². The highest BCUT2D eigenvalue weighted by atomic mass is 79.9. The summed E-state index contributed by atoms with van der Waals surface area (Å²) in [5.74, 6) is 0.385. The van der Waals surface area contributed by atoms with Crippen LogP contribution in [0.2, 0.25) is 0 Å². The maximum Gasteiger partial charge on any atom is 0.331 e. The molecule has 18 heavy (non-hydrogen) atoms. The van der Waals surface area contributed by atoms with Crippen molar-refractivity contribution in [2.24, 2.45) is 5.92 Å². The summed E-state index contributed by atoms with van der Waals surface area (Å²) in [7, 11) is 1.45. The van der Waals surface area contributed by atoms with Crippen molar-refractivity contribution in [3.8, 4) is 0 Å². The van der Waals surface area contributed by atoms with Gasteiger partial charge in [-0.05, 0) is 43.4 Å². The van der Waals surface area contributed by atoms with Crippen LogP contribution in [0.3, 0.4) is 0 Å². The summed E-state index contributed by atoms with van der Waals surface area (Å²) in [5, 5.41) is 3.37. The lowest BCUT2D eigenvalue weighted by Crippen LogP contribution is -2.45. The molecule has 1 aromatic rings. The molecule has 4 heteroatoms. The predicted molar refractivity (Wildman–Crippen MR) is 75.5 cm³/mol. The summed E-state index contributed by atoms with van der Waals surface area (Å²) in [6, 6.07) is 7.87. The maximum absolute atomic E-state index is 12.1. The molecule has 1 aliphatic carbocycles. The molecule has 0 radical (unpaired) electrons. The summed E-state index contributed by atoms with van der Waals surface area (Å²) in [5.41, 5.74) is 0.387. The van der Waals surface area contributed by atoms with Crippen molar-refractivity contribution < 1.29 is 9.53 Å². The number of anilines is 1. The Morgan fingerprint density at radius 2 is 2.33 bits per heavy atom. The fraction of sp³-hybridized carbons (Fsp3) is 0.500. The Bertz CT molecular complexity index is 449. The monoisotopic (exact) mass is 311 g/mol. The molecule has 0 spiro atoms. The average Bonchev–Trinajstić information content (AvgIpc) is 2.71. The number of hydrogen-bond donors (Lipinski definition) is 1. The molecule has 2 atom stereocenters. The number of halogens is 1. The number of ether oxygens (including phenoxy) is 1. The number of methoxy groups -OCH3 is 1. The zero-order chi connectivity index (χ0) is 13.2. The van der Waals surface area contributed by atoms with Gasteiger partial charge in [-0.3, -0.25) is 0 Å². The van der Waals surface area contributed by atoms with E-state index in [-0.39, 0.29) is 5.97 Å². The van der Waals surface area contributed by atoms with Gasteiger partial charge < -0.3 is 10.1 Å². The highest BCUT2D eigenvalue weighted by Gasteiger charge is 2.45. The van der Waals surface area contributed by atoms with Crippen LogP contribution in [0.4, 0.5) is 5.69 Å². The first kappa shape index (κ1) is 13.4. The van der Waals surface area contributed by atoms with Crippen molar-refractivity contribution in [3.63, 3.8) is 0 Å². The van der Waals surface area contributed by atoms with Crippen LogP contribution >= 0.6 is 15.9 Å². The number of hydrogen-bond acceptors (Lipinski definition) is 3. The number of benzene rings is 1. The van der Waals surface area contributed by atoms with Crippen LogP contribution in [-0.2, 0) is 9.53 Å². The van der Waals surface area contributed by atoms with Crippen molar-refractivity contribution in [1.29, 1.82) is 0 Å². The van der Waals surface area contributed by atoms with E-state index in [1.165, 1.54) is 7.11 Å². The van der Waals surface area contributed by atoms with Crippen LogP contribution in [0.15, 0.2) is 28.7 Å². The lowest BCUT2D eigenvalue weighted by atomic mass is 9.95. The van der Waals surface area contributed by atoms with Crippen LogP contribution in [-0.4, -0.2) is 18.6 Å². The lowest BCUT2D eigenvalue weighted by molar-refractivity contribution is -0.145. The first-order chi connectivity index (χ1) is 8.55. The normalized spacial score (nSPS) is 26.9. The van der Waals surface area contributed by atoms with Crippen LogP contribution in [0.25, 0.3) is 0 Å². The van der Waals surface area contributed by atoms with Crippen molar-refractivity contribution in [2.45, 2.75) is 31.7 Å². The van der Waals surface area contributed by atoms with Crippen LogP contribution < -0.4 is 5.32 Å². The van der Waals surface area contributed by atoms with Gasteiger partial charge in [0, 0.05) is 10.2 Å². The molecule has 1 N–H and O–H groups in total. The second kappa shape index (κ2) is 5.31. The van der Waals surface area contributed by atoms with Crippen LogP contribution in [0, 0.1) is 5.92 Å². The zero-order valence-corrected chi connectivity index (χ0v) is 12.3. The highest BCUT2D eigenvalue weighted by Crippen LogP contribution is 2.38. The van der Waals surface area contributed by atoms with E-state index in [2.05, 4.69) is 28.2 Å². The van der Waals surface area contributed by atoms with Crippen molar-refractivity contribution in [2.75, 3.05) is 12.4 Å². The second-order valence-corrected chi connectivity index (χ2v) is 5.97. The molecular weight excluding hydrogens is 294 g/mol. The minimum Gasteiger partial charge on any atom is -0.467 e. The summed E-state index contributed by atoms with van der Waals surface area (Å²) in [4.78, 5) is 12.1. The Kier molecular flexibility index (Phi) is 3.95. The quantitative estimate of drug-likeness (QED) is 0.867. The summed E-state index contributed by atoms with van der Waals surface area (Å²) < 4.78 is 5.97. The van der Waals surface area contributed by atoms with E-state index < -0.39 is 5.54 Å². The van der Waals surface area contributed by atoms with E-state index in [1.54, 1.807) is 0 Å². The molecule has 1 fully saturated rings. The molecule has 1 aromatic carbocycles. The van der Waals surface area contributed by atoms with Gasteiger partial charge in [-0.2, -0.15) is 0 Å². The highest BCUT2D eigenvalue weighted by molar-refractivity contribution is 9.10. The maximum atomic E-state index is 12.1. The molecule has 1 saturated carbocycles. The van der Waals surface area contributed by atoms with Crippen LogP contribution in [0.1, 0.15) is 26.2 Å². The predicted octanol–water partition coefficient (Wildman–Crippen LogP) is 3.59. The Labute approximate surface area is 116 Å². The number of rotatable bonds is 3. The molecule has 2 rings (SSSR count). The third-order valence-electron chi connectivity index (χ3n) is 3.55. The van der Waals surface area contributed by atoms with Gasteiger partial charge in [-0.25, -0.2) is 4.79 Å². The fourth-order valence-corrected chi connectivity index (χ4v) is 3.08. The number of carbonyl (C=O) groups is 1. The van der Waals surface area contributed by atoms with Crippen molar-refractivity contribution >= 4 is 27.6 Å². The third kappa shape index (κ3) is 2.69.